The van der Waals surface area contributed by atoms with Gasteiger partial charge in [0.25, 0.3) is 5.56 Å². The molecule has 0 fully saturated rings. The Hall–Kier alpha value is -3.07. The van der Waals surface area contributed by atoms with E-state index in [9.17, 15) is 20.0 Å². The minimum atomic E-state index is -0.587. The topological polar surface area (TPSA) is 92.3 Å². The SMILES string of the molecule is CCCn1c(O)c(C(=O)COc2ccc(C(C)C)cc2)c(C)c(C#N)c1=O. The summed E-state index contributed by atoms with van der Waals surface area (Å²) in [6.45, 7) is 7.41. The Labute approximate surface area is 158 Å². The van der Waals surface area contributed by atoms with Crippen LogP contribution in [0.2, 0.25) is 0 Å². The minimum Gasteiger partial charge on any atom is -0.494 e. The smallest absolute Gasteiger partial charge is 0.271 e. The Balaban J connectivity index is 2.31. The number of pyridine rings is 1. The maximum atomic E-state index is 12.7. The quantitative estimate of drug-likeness (QED) is 0.755. The van der Waals surface area contributed by atoms with Crippen LogP contribution < -0.4 is 10.3 Å². The maximum absolute atomic E-state index is 12.7. The molecule has 6 nitrogen and oxygen atoms in total. The van der Waals surface area contributed by atoms with Crippen molar-refractivity contribution in [3.63, 3.8) is 0 Å². The lowest BCUT2D eigenvalue weighted by molar-refractivity contribution is 0.0916. The molecule has 27 heavy (non-hydrogen) atoms. The van der Waals surface area contributed by atoms with Gasteiger partial charge in [0.15, 0.2) is 6.61 Å². The van der Waals surface area contributed by atoms with E-state index in [2.05, 4.69) is 13.8 Å². The number of carbonyl (C=O) groups excluding carboxylic acids is 1. The molecule has 0 aliphatic heterocycles. The average Bonchev–Trinajstić information content (AvgIpc) is 2.64. The Kier molecular flexibility index (Phi) is 6.40. The van der Waals surface area contributed by atoms with Crippen LogP contribution in [0.15, 0.2) is 29.1 Å². The number of Topliss-reactive ketones (excluding diaryl/α,β-unsaturated/α-hetero) is 1. The summed E-state index contributed by atoms with van der Waals surface area (Å²) in [6, 6.07) is 9.28. The van der Waals surface area contributed by atoms with E-state index < -0.39 is 17.2 Å². The zero-order valence-electron chi connectivity index (χ0n) is 16.1. The van der Waals surface area contributed by atoms with Crippen molar-refractivity contribution >= 4 is 5.78 Å². The van der Waals surface area contributed by atoms with Gasteiger partial charge in [-0.3, -0.25) is 14.2 Å². The van der Waals surface area contributed by atoms with Crippen molar-refractivity contribution in [2.75, 3.05) is 6.61 Å². The lowest BCUT2D eigenvalue weighted by atomic mass is 10.0. The summed E-state index contributed by atoms with van der Waals surface area (Å²) < 4.78 is 6.61. The van der Waals surface area contributed by atoms with Gasteiger partial charge in [0.05, 0.1) is 5.56 Å². The number of aromatic nitrogens is 1. The van der Waals surface area contributed by atoms with Gasteiger partial charge in [-0.2, -0.15) is 5.26 Å². The molecule has 0 saturated heterocycles. The minimum absolute atomic E-state index is 0.0431. The molecule has 6 heteroatoms. The summed E-state index contributed by atoms with van der Waals surface area (Å²) >= 11 is 0. The van der Waals surface area contributed by atoms with Crippen molar-refractivity contribution in [1.82, 2.24) is 4.57 Å². The third-order valence-corrected chi connectivity index (χ3v) is 4.44. The van der Waals surface area contributed by atoms with E-state index in [1.165, 1.54) is 6.92 Å². The molecule has 0 saturated carbocycles. The number of nitrogens with zero attached hydrogens (tertiary/aromatic N) is 2. The number of rotatable bonds is 7. The molecule has 0 unspecified atom stereocenters. The number of carbonyl (C=O) groups is 1. The lowest BCUT2D eigenvalue weighted by Crippen LogP contribution is -2.27. The summed E-state index contributed by atoms with van der Waals surface area (Å²) in [6.07, 6.45) is 0.577. The van der Waals surface area contributed by atoms with Crippen molar-refractivity contribution in [1.29, 1.82) is 5.26 Å². The first-order valence-corrected chi connectivity index (χ1v) is 8.94. The van der Waals surface area contributed by atoms with Crippen LogP contribution in [-0.4, -0.2) is 22.1 Å². The molecule has 0 amide bonds. The van der Waals surface area contributed by atoms with Crippen molar-refractivity contribution in [2.24, 2.45) is 0 Å². The predicted molar refractivity (Wildman–Crippen MR) is 102 cm³/mol. The van der Waals surface area contributed by atoms with Crippen LogP contribution in [0.3, 0.4) is 0 Å². The van der Waals surface area contributed by atoms with Crippen LogP contribution >= 0.6 is 0 Å². The second-order valence-electron chi connectivity index (χ2n) is 6.70. The van der Waals surface area contributed by atoms with Crippen LogP contribution in [0, 0.1) is 18.3 Å². The van der Waals surface area contributed by atoms with Gasteiger partial charge in [0, 0.05) is 6.54 Å². The largest absolute Gasteiger partial charge is 0.494 e. The lowest BCUT2D eigenvalue weighted by Gasteiger charge is -2.15. The standard InChI is InChI=1S/C21H24N2O4/c1-5-10-23-20(25)17(11-22)14(4)19(21(23)26)18(24)12-27-16-8-6-15(7-9-16)13(2)3/h6-9,13,26H,5,10,12H2,1-4H3. The Bertz CT molecular complexity index is 935. The highest BCUT2D eigenvalue weighted by molar-refractivity contribution is 6.01. The van der Waals surface area contributed by atoms with Crippen LogP contribution in [0.1, 0.15) is 60.2 Å². The zero-order valence-corrected chi connectivity index (χ0v) is 16.1. The van der Waals surface area contributed by atoms with E-state index >= 15 is 0 Å². The van der Waals surface area contributed by atoms with Gasteiger partial charge >= 0.3 is 0 Å². The number of hydrogen-bond acceptors (Lipinski definition) is 5. The van der Waals surface area contributed by atoms with Crippen LogP contribution in [-0.2, 0) is 6.54 Å². The van der Waals surface area contributed by atoms with E-state index in [0.717, 1.165) is 10.1 Å². The highest BCUT2D eigenvalue weighted by Crippen LogP contribution is 2.23. The molecule has 0 atom stereocenters. The van der Waals surface area contributed by atoms with Crippen molar-refractivity contribution in [3.8, 4) is 17.7 Å². The van der Waals surface area contributed by atoms with Gasteiger partial charge in [-0.1, -0.05) is 32.9 Å². The molecule has 1 N–H and O–H groups in total. The number of hydrogen-bond donors (Lipinski definition) is 1. The summed E-state index contributed by atoms with van der Waals surface area (Å²) in [5, 5.41) is 19.7. The number of nitriles is 1. The Morgan fingerprint density at radius 2 is 1.93 bits per heavy atom. The first kappa shape index (κ1) is 20.2. The molecule has 0 aliphatic carbocycles. The van der Waals surface area contributed by atoms with E-state index in [1.54, 1.807) is 12.1 Å². The molecule has 1 aromatic heterocycles. The molecule has 142 valence electrons. The number of benzene rings is 1. The number of ketones is 1. The third-order valence-electron chi connectivity index (χ3n) is 4.44. The van der Waals surface area contributed by atoms with E-state index in [1.807, 2.05) is 25.1 Å². The van der Waals surface area contributed by atoms with Crippen LogP contribution in [0.4, 0.5) is 0 Å². The summed E-state index contributed by atoms with van der Waals surface area (Å²) in [5.41, 5.74) is 0.573. The molecule has 0 radical (unpaired) electrons. The molecule has 0 aliphatic rings. The molecular weight excluding hydrogens is 344 g/mol. The third kappa shape index (κ3) is 4.20. The predicted octanol–water partition coefficient (Wildman–Crippen LogP) is 3.53. The fourth-order valence-corrected chi connectivity index (χ4v) is 2.89. The second kappa shape index (κ2) is 8.54. The van der Waals surface area contributed by atoms with Gasteiger partial charge in [-0.25, -0.2) is 0 Å². The Morgan fingerprint density at radius 1 is 1.30 bits per heavy atom. The Morgan fingerprint density at radius 3 is 2.44 bits per heavy atom. The maximum Gasteiger partial charge on any atom is 0.271 e. The van der Waals surface area contributed by atoms with E-state index in [-0.39, 0.29) is 29.8 Å². The van der Waals surface area contributed by atoms with Gasteiger partial charge in [-0.15, -0.1) is 0 Å². The van der Waals surface area contributed by atoms with Crippen molar-refractivity contribution in [3.05, 3.63) is 56.9 Å². The monoisotopic (exact) mass is 368 g/mol. The summed E-state index contributed by atoms with van der Waals surface area (Å²) in [5.74, 6) is 0.0259. The fraction of sp³-hybridized carbons (Fsp3) is 0.381. The van der Waals surface area contributed by atoms with Crippen LogP contribution in [0.5, 0.6) is 11.6 Å². The van der Waals surface area contributed by atoms with Crippen LogP contribution in [0.25, 0.3) is 0 Å². The highest BCUT2D eigenvalue weighted by atomic mass is 16.5. The second-order valence-corrected chi connectivity index (χ2v) is 6.70. The van der Waals surface area contributed by atoms with Crippen molar-refractivity contribution in [2.45, 2.75) is 46.6 Å². The molecular formula is C21H24N2O4. The average molecular weight is 368 g/mol. The van der Waals surface area contributed by atoms with Gasteiger partial charge in [0.1, 0.15) is 17.4 Å². The first-order chi connectivity index (χ1) is 12.8. The number of aromatic hydroxyl groups is 1. The molecule has 1 aromatic carbocycles. The van der Waals surface area contributed by atoms with E-state index in [0.29, 0.717) is 18.1 Å². The molecule has 0 spiro atoms. The van der Waals surface area contributed by atoms with E-state index in [4.69, 9.17) is 4.74 Å². The zero-order chi connectivity index (χ0) is 20.1. The molecule has 0 bridgehead atoms. The summed E-state index contributed by atoms with van der Waals surface area (Å²) in [4.78, 5) is 25.0. The first-order valence-electron chi connectivity index (χ1n) is 8.94. The number of ether oxygens (including phenoxy) is 1. The molecule has 2 rings (SSSR count). The summed E-state index contributed by atoms with van der Waals surface area (Å²) in [7, 11) is 0. The van der Waals surface area contributed by atoms with Gasteiger partial charge < -0.3 is 9.84 Å². The molecule has 1 heterocycles. The van der Waals surface area contributed by atoms with Gasteiger partial charge in [-0.05, 0) is 42.5 Å². The fourth-order valence-electron chi connectivity index (χ4n) is 2.89. The van der Waals surface area contributed by atoms with Gasteiger partial charge in [0.2, 0.25) is 11.7 Å². The highest BCUT2D eigenvalue weighted by Gasteiger charge is 2.24. The van der Waals surface area contributed by atoms with Crippen molar-refractivity contribution < 1.29 is 14.6 Å². The normalized spacial score (nSPS) is 10.7. The molecule has 2 aromatic rings.